The fraction of sp³-hybridized carbons (Fsp3) is 0.250. The van der Waals surface area contributed by atoms with Crippen LogP contribution in [0.15, 0.2) is 41.8 Å². The first-order valence-electron chi connectivity index (χ1n) is 6.54. The van der Waals surface area contributed by atoms with E-state index >= 15 is 0 Å². The summed E-state index contributed by atoms with van der Waals surface area (Å²) < 4.78 is 0. The third-order valence-corrected chi connectivity index (χ3v) is 3.87. The van der Waals surface area contributed by atoms with Crippen molar-refractivity contribution in [1.82, 2.24) is 5.32 Å². The smallest absolute Gasteiger partial charge is 0.220 e. The van der Waals surface area contributed by atoms with Gasteiger partial charge in [0.15, 0.2) is 5.78 Å². The molecule has 1 heterocycles. The molecule has 0 atom stereocenters. The molecule has 1 amide bonds. The van der Waals surface area contributed by atoms with E-state index in [-0.39, 0.29) is 24.5 Å². The van der Waals surface area contributed by atoms with Gasteiger partial charge in [0, 0.05) is 23.3 Å². The van der Waals surface area contributed by atoms with Crippen molar-refractivity contribution < 1.29 is 9.59 Å². The van der Waals surface area contributed by atoms with Gasteiger partial charge in [0.05, 0.1) is 6.54 Å². The van der Waals surface area contributed by atoms with Gasteiger partial charge >= 0.3 is 0 Å². The second kappa shape index (κ2) is 7.01. The number of rotatable bonds is 6. The quantitative estimate of drug-likeness (QED) is 0.828. The number of nitrogens with one attached hydrogen (secondary N) is 1. The second-order valence-electron chi connectivity index (χ2n) is 4.65. The van der Waals surface area contributed by atoms with E-state index in [4.69, 9.17) is 0 Å². The van der Waals surface area contributed by atoms with E-state index in [9.17, 15) is 9.59 Å². The second-order valence-corrected chi connectivity index (χ2v) is 5.68. The summed E-state index contributed by atoms with van der Waals surface area (Å²) >= 11 is 1.61. The minimum Gasteiger partial charge on any atom is -0.351 e. The number of hydrogen-bond acceptors (Lipinski definition) is 3. The van der Waals surface area contributed by atoms with Crippen LogP contribution in [0.4, 0.5) is 0 Å². The molecule has 1 aromatic heterocycles. The number of carbonyl (C=O) groups excluding carboxylic acids is 2. The summed E-state index contributed by atoms with van der Waals surface area (Å²) in [5.41, 5.74) is 1.79. The molecular weight excluding hydrogens is 270 g/mol. The highest BCUT2D eigenvalue weighted by Crippen LogP contribution is 2.09. The molecule has 0 radical (unpaired) electrons. The normalized spacial score (nSPS) is 10.2. The van der Waals surface area contributed by atoms with Crippen molar-refractivity contribution in [3.63, 3.8) is 0 Å². The number of carbonyl (C=O) groups is 2. The van der Waals surface area contributed by atoms with Crippen LogP contribution in [0, 0.1) is 6.92 Å². The van der Waals surface area contributed by atoms with Crippen LogP contribution in [-0.4, -0.2) is 11.7 Å². The third-order valence-electron chi connectivity index (χ3n) is 2.99. The molecule has 0 fully saturated rings. The van der Waals surface area contributed by atoms with Crippen LogP contribution in [0.25, 0.3) is 0 Å². The zero-order valence-corrected chi connectivity index (χ0v) is 12.2. The van der Waals surface area contributed by atoms with E-state index in [1.807, 2.05) is 36.6 Å². The lowest BCUT2D eigenvalue weighted by Crippen LogP contribution is -2.22. The molecule has 0 aliphatic heterocycles. The molecule has 0 aliphatic rings. The summed E-state index contributed by atoms with van der Waals surface area (Å²) in [6.07, 6.45) is 0.484. The SMILES string of the molecule is Cc1ccc(C(=O)CCC(=O)NCc2cccs2)cc1. The molecular formula is C16H17NO2S. The zero-order valence-electron chi connectivity index (χ0n) is 11.4. The number of hydrogen-bond donors (Lipinski definition) is 1. The molecule has 104 valence electrons. The van der Waals surface area contributed by atoms with Gasteiger partial charge in [-0.2, -0.15) is 0 Å². The van der Waals surface area contributed by atoms with Gasteiger partial charge in [0.25, 0.3) is 0 Å². The van der Waals surface area contributed by atoms with Gasteiger partial charge in [-0.05, 0) is 18.4 Å². The lowest BCUT2D eigenvalue weighted by atomic mass is 10.1. The standard InChI is InChI=1S/C16H17NO2S/c1-12-4-6-13(7-5-12)15(18)8-9-16(19)17-11-14-3-2-10-20-14/h2-7,10H,8-9,11H2,1H3,(H,17,19). The molecule has 2 aromatic rings. The van der Waals surface area contributed by atoms with Gasteiger partial charge < -0.3 is 5.32 Å². The average Bonchev–Trinajstić information content (AvgIpc) is 2.96. The van der Waals surface area contributed by atoms with Crippen molar-refractivity contribution in [1.29, 1.82) is 0 Å². The summed E-state index contributed by atoms with van der Waals surface area (Å²) in [6.45, 7) is 2.52. The fourth-order valence-electron chi connectivity index (χ4n) is 1.80. The van der Waals surface area contributed by atoms with Crippen molar-refractivity contribution >= 4 is 23.0 Å². The first kappa shape index (κ1) is 14.5. The first-order chi connectivity index (χ1) is 9.65. The maximum atomic E-state index is 11.9. The average molecular weight is 287 g/mol. The predicted molar refractivity (Wildman–Crippen MR) is 80.9 cm³/mol. The highest BCUT2D eigenvalue weighted by molar-refractivity contribution is 7.09. The van der Waals surface area contributed by atoms with Crippen LogP contribution in [0.1, 0.15) is 33.6 Å². The van der Waals surface area contributed by atoms with Gasteiger partial charge in [-0.25, -0.2) is 0 Å². The number of benzene rings is 1. The molecule has 1 N–H and O–H groups in total. The van der Waals surface area contributed by atoms with E-state index in [0.29, 0.717) is 12.1 Å². The number of amides is 1. The summed E-state index contributed by atoms with van der Waals surface area (Å²) in [5.74, 6) is -0.0739. The summed E-state index contributed by atoms with van der Waals surface area (Å²) in [7, 11) is 0. The number of thiophene rings is 1. The van der Waals surface area contributed by atoms with Crippen LogP contribution in [-0.2, 0) is 11.3 Å². The van der Waals surface area contributed by atoms with Crippen LogP contribution < -0.4 is 5.32 Å². The molecule has 20 heavy (non-hydrogen) atoms. The largest absolute Gasteiger partial charge is 0.351 e. The van der Waals surface area contributed by atoms with Gasteiger partial charge in [0.1, 0.15) is 0 Å². The minimum atomic E-state index is -0.0844. The van der Waals surface area contributed by atoms with Gasteiger partial charge in [-0.1, -0.05) is 35.9 Å². The molecule has 0 spiro atoms. The molecule has 0 saturated carbocycles. The molecule has 4 heteroatoms. The van der Waals surface area contributed by atoms with E-state index in [1.165, 1.54) is 0 Å². The van der Waals surface area contributed by atoms with Crippen molar-refractivity contribution in [3.05, 3.63) is 57.8 Å². The number of Topliss-reactive ketones (excluding diaryl/α,β-unsaturated/α-hetero) is 1. The third kappa shape index (κ3) is 4.31. The summed E-state index contributed by atoms with van der Waals surface area (Å²) in [5, 5.41) is 4.79. The lowest BCUT2D eigenvalue weighted by molar-refractivity contribution is -0.121. The Morgan fingerprint density at radius 1 is 1.10 bits per heavy atom. The molecule has 0 unspecified atom stereocenters. The van der Waals surface area contributed by atoms with Crippen LogP contribution >= 0.6 is 11.3 Å². The van der Waals surface area contributed by atoms with Crippen LogP contribution in [0.3, 0.4) is 0 Å². The molecule has 0 saturated heterocycles. The van der Waals surface area contributed by atoms with Crippen molar-refractivity contribution in [2.24, 2.45) is 0 Å². The maximum Gasteiger partial charge on any atom is 0.220 e. The first-order valence-corrected chi connectivity index (χ1v) is 7.42. The highest BCUT2D eigenvalue weighted by atomic mass is 32.1. The predicted octanol–water partition coefficient (Wildman–Crippen LogP) is 3.34. The van der Waals surface area contributed by atoms with Crippen molar-refractivity contribution in [3.8, 4) is 0 Å². The van der Waals surface area contributed by atoms with Crippen LogP contribution in [0.5, 0.6) is 0 Å². The Bertz CT molecular complexity index is 573. The summed E-state index contributed by atoms with van der Waals surface area (Å²) in [4.78, 5) is 24.7. The van der Waals surface area contributed by atoms with Gasteiger partial charge in [-0.15, -0.1) is 11.3 Å². The monoisotopic (exact) mass is 287 g/mol. The highest BCUT2D eigenvalue weighted by Gasteiger charge is 2.09. The van der Waals surface area contributed by atoms with Crippen molar-refractivity contribution in [2.75, 3.05) is 0 Å². The molecule has 2 rings (SSSR count). The Labute approximate surface area is 122 Å². The van der Waals surface area contributed by atoms with Crippen molar-refractivity contribution in [2.45, 2.75) is 26.3 Å². The fourth-order valence-corrected chi connectivity index (χ4v) is 2.44. The molecule has 0 aliphatic carbocycles. The molecule has 0 bridgehead atoms. The number of aryl methyl sites for hydroxylation is 1. The summed E-state index contributed by atoms with van der Waals surface area (Å²) in [6, 6.07) is 11.4. The topological polar surface area (TPSA) is 46.2 Å². The Morgan fingerprint density at radius 2 is 1.85 bits per heavy atom. The van der Waals surface area contributed by atoms with Gasteiger partial charge in [0.2, 0.25) is 5.91 Å². The molecule has 1 aromatic carbocycles. The maximum absolute atomic E-state index is 11.9. The minimum absolute atomic E-state index is 0.0104. The van der Waals surface area contributed by atoms with Gasteiger partial charge in [-0.3, -0.25) is 9.59 Å². The molecule has 3 nitrogen and oxygen atoms in total. The number of ketones is 1. The zero-order chi connectivity index (χ0) is 14.4. The Hall–Kier alpha value is -1.94. The van der Waals surface area contributed by atoms with E-state index in [1.54, 1.807) is 23.5 Å². The van der Waals surface area contributed by atoms with E-state index in [0.717, 1.165) is 10.4 Å². The Morgan fingerprint density at radius 3 is 2.50 bits per heavy atom. The Balaban J connectivity index is 1.75. The van der Waals surface area contributed by atoms with Crippen LogP contribution in [0.2, 0.25) is 0 Å². The lowest BCUT2D eigenvalue weighted by Gasteiger charge is -2.04. The van der Waals surface area contributed by atoms with E-state index in [2.05, 4.69) is 5.32 Å². The Kier molecular flexibility index (Phi) is 5.07. The van der Waals surface area contributed by atoms with E-state index < -0.39 is 0 Å².